The van der Waals surface area contributed by atoms with Gasteiger partial charge in [-0.2, -0.15) is 0 Å². The Bertz CT molecular complexity index is 880. The van der Waals surface area contributed by atoms with Gasteiger partial charge in [0.1, 0.15) is 5.75 Å². The molecule has 0 fully saturated rings. The lowest BCUT2D eigenvalue weighted by molar-refractivity contribution is -0.132. The van der Waals surface area contributed by atoms with Crippen LogP contribution < -0.4 is 4.74 Å². The number of esters is 2. The minimum atomic E-state index is -0.538. The number of aryl methyl sites for hydroxylation is 1. The Morgan fingerprint density at radius 2 is 1.96 bits per heavy atom. The Hall–Kier alpha value is -3.21. The fourth-order valence-electron chi connectivity index (χ4n) is 2.31. The lowest BCUT2D eigenvalue weighted by Crippen LogP contribution is -2.05. The van der Waals surface area contributed by atoms with Crippen LogP contribution in [-0.2, 0) is 14.3 Å². The van der Waals surface area contributed by atoms with Crippen molar-refractivity contribution in [2.45, 2.75) is 13.8 Å². The highest BCUT2D eigenvalue weighted by atomic mass is 16.6. The van der Waals surface area contributed by atoms with Crippen molar-refractivity contribution in [3.05, 3.63) is 70.9 Å². The molecule has 3 rings (SSSR count). The van der Waals surface area contributed by atoms with Crippen molar-refractivity contribution in [3.8, 4) is 5.75 Å². The Morgan fingerprint density at radius 3 is 2.71 bits per heavy atom. The molecule has 0 aromatic heterocycles. The van der Waals surface area contributed by atoms with E-state index in [4.69, 9.17) is 9.47 Å². The minimum Gasteiger partial charge on any atom is -0.426 e. The molecule has 0 radical (unpaired) electrons. The van der Waals surface area contributed by atoms with Gasteiger partial charge in [0.15, 0.2) is 5.70 Å². The second-order valence-corrected chi connectivity index (χ2v) is 5.34. The number of cyclic esters (lactones) is 1. The first-order valence-electron chi connectivity index (χ1n) is 7.40. The molecule has 1 aliphatic rings. The summed E-state index contributed by atoms with van der Waals surface area (Å²) in [6.45, 7) is 3.27. The first-order chi connectivity index (χ1) is 11.5. The molecule has 0 spiro atoms. The van der Waals surface area contributed by atoms with Crippen molar-refractivity contribution in [2.75, 3.05) is 0 Å². The molecule has 5 nitrogen and oxygen atoms in total. The van der Waals surface area contributed by atoms with E-state index in [1.165, 1.54) is 6.92 Å². The zero-order valence-electron chi connectivity index (χ0n) is 13.3. The SMILES string of the molecule is CC(=O)Oc1ccccc1/C=C1\N=C(c2cccc(C)c2)OC1=O. The van der Waals surface area contributed by atoms with Crippen molar-refractivity contribution in [1.29, 1.82) is 0 Å². The molecule has 1 heterocycles. The quantitative estimate of drug-likeness (QED) is 0.494. The van der Waals surface area contributed by atoms with E-state index in [0.717, 1.165) is 11.1 Å². The van der Waals surface area contributed by atoms with Crippen LogP contribution in [0.2, 0.25) is 0 Å². The maximum Gasteiger partial charge on any atom is 0.363 e. The average Bonchev–Trinajstić information content (AvgIpc) is 2.90. The van der Waals surface area contributed by atoms with Crippen LogP contribution in [0.25, 0.3) is 6.08 Å². The van der Waals surface area contributed by atoms with Gasteiger partial charge in [-0.25, -0.2) is 9.79 Å². The van der Waals surface area contributed by atoms with Gasteiger partial charge in [0.05, 0.1) is 0 Å². The molecule has 0 amide bonds. The van der Waals surface area contributed by atoms with E-state index in [9.17, 15) is 9.59 Å². The normalized spacial score (nSPS) is 15.2. The van der Waals surface area contributed by atoms with E-state index < -0.39 is 11.9 Å². The fraction of sp³-hybridized carbons (Fsp3) is 0.105. The number of ether oxygens (including phenoxy) is 2. The van der Waals surface area contributed by atoms with E-state index in [1.54, 1.807) is 30.3 Å². The van der Waals surface area contributed by atoms with E-state index in [-0.39, 0.29) is 11.6 Å². The number of hydrogen-bond acceptors (Lipinski definition) is 5. The molecule has 5 heteroatoms. The predicted molar refractivity (Wildman–Crippen MR) is 89.5 cm³/mol. The lowest BCUT2D eigenvalue weighted by atomic mass is 10.1. The van der Waals surface area contributed by atoms with Gasteiger partial charge < -0.3 is 9.47 Å². The van der Waals surface area contributed by atoms with Crippen molar-refractivity contribution in [3.63, 3.8) is 0 Å². The van der Waals surface area contributed by atoms with Gasteiger partial charge in [0, 0.05) is 18.1 Å². The maximum atomic E-state index is 12.1. The van der Waals surface area contributed by atoms with Gasteiger partial charge in [-0.05, 0) is 31.2 Å². The fourth-order valence-corrected chi connectivity index (χ4v) is 2.31. The van der Waals surface area contributed by atoms with Gasteiger partial charge in [0.2, 0.25) is 5.90 Å². The maximum absolute atomic E-state index is 12.1. The number of hydrogen-bond donors (Lipinski definition) is 0. The molecule has 24 heavy (non-hydrogen) atoms. The van der Waals surface area contributed by atoms with Crippen LogP contribution in [-0.4, -0.2) is 17.8 Å². The molecule has 0 saturated carbocycles. The third-order valence-corrected chi connectivity index (χ3v) is 3.35. The number of aliphatic imine (C=N–C) groups is 1. The summed E-state index contributed by atoms with van der Waals surface area (Å²) in [5, 5.41) is 0. The smallest absolute Gasteiger partial charge is 0.363 e. The standard InChI is InChI=1S/C19H15NO4/c1-12-6-5-8-15(10-12)18-20-16(19(22)24-18)11-14-7-3-4-9-17(14)23-13(2)21/h3-11H,1-2H3/b16-11-. The van der Waals surface area contributed by atoms with Gasteiger partial charge in [-0.15, -0.1) is 0 Å². The second kappa shape index (κ2) is 6.50. The molecule has 0 atom stereocenters. The summed E-state index contributed by atoms with van der Waals surface area (Å²) in [5.41, 5.74) is 2.52. The van der Waals surface area contributed by atoms with Crippen LogP contribution >= 0.6 is 0 Å². The molecule has 0 bridgehead atoms. The Balaban J connectivity index is 1.96. The molecule has 0 unspecified atom stereocenters. The monoisotopic (exact) mass is 321 g/mol. The van der Waals surface area contributed by atoms with Crippen LogP contribution in [0, 0.1) is 6.92 Å². The number of rotatable bonds is 3. The largest absolute Gasteiger partial charge is 0.426 e. The van der Waals surface area contributed by atoms with Crippen LogP contribution in [0.3, 0.4) is 0 Å². The molecule has 2 aromatic rings. The van der Waals surface area contributed by atoms with E-state index in [1.807, 2.05) is 31.2 Å². The Kier molecular flexibility index (Phi) is 4.24. The minimum absolute atomic E-state index is 0.158. The van der Waals surface area contributed by atoms with Crippen LogP contribution in [0.5, 0.6) is 5.75 Å². The molecule has 0 aliphatic carbocycles. The highest BCUT2D eigenvalue weighted by molar-refractivity contribution is 6.13. The van der Waals surface area contributed by atoms with E-state index in [0.29, 0.717) is 11.3 Å². The summed E-state index contributed by atoms with van der Waals surface area (Å²) in [6, 6.07) is 14.5. The summed E-state index contributed by atoms with van der Waals surface area (Å²) in [6.07, 6.45) is 1.55. The number of carbonyl (C=O) groups is 2. The topological polar surface area (TPSA) is 65.0 Å². The van der Waals surface area contributed by atoms with Gasteiger partial charge in [-0.1, -0.05) is 35.9 Å². The van der Waals surface area contributed by atoms with Crippen molar-refractivity contribution in [1.82, 2.24) is 0 Å². The summed E-state index contributed by atoms with van der Waals surface area (Å²) in [4.78, 5) is 27.5. The van der Waals surface area contributed by atoms with Gasteiger partial charge in [0.25, 0.3) is 0 Å². The number of nitrogens with zero attached hydrogens (tertiary/aromatic N) is 1. The van der Waals surface area contributed by atoms with Crippen molar-refractivity contribution < 1.29 is 19.1 Å². The molecule has 120 valence electrons. The van der Waals surface area contributed by atoms with E-state index >= 15 is 0 Å². The van der Waals surface area contributed by atoms with Crippen LogP contribution in [0.15, 0.2) is 59.2 Å². The van der Waals surface area contributed by atoms with Crippen LogP contribution in [0.4, 0.5) is 0 Å². The summed E-state index contributed by atoms with van der Waals surface area (Å²) in [7, 11) is 0. The predicted octanol–water partition coefficient (Wildman–Crippen LogP) is 3.26. The lowest BCUT2D eigenvalue weighted by Gasteiger charge is -2.04. The van der Waals surface area contributed by atoms with Crippen molar-refractivity contribution >= 4 is 23.9 Å². The van der Waals surface area contributed by atoms with Gasteiger partial charge >= 0.3 is 11.9 Å². The first kappa shape index (κ1) is 15.7. The molecule has 2 aromatic carbocycles. The van der Waals surface area contributed by atoms with Crippen LogP contribution in [0.1, 0.15) is 23.6 Å². The summed E-state index contributed by atoms with van der Waals surface area (Å²) >= 11 is 0. The molecule has 0 saturated heterocycles. The van der Waals surface area contributed by atoms with E-state index in [2.05, 4.69) is 4.99 Å². The number of carbonyl (C=O) groups excluding carboxylic acids is 2. The third kappa shape index (κ3) is 3.41. The third-order valence-electron chi connectivity index (χ3n) is 3.35. The molecule has 0 N–H and O–H groups in total. The van der Waals surface area contributed by atoms with Gasteiger partial charge in [-0.3, -0.25) is 4.79 Å². The molecular formula is C19H15NO4. The highest BCUT2D eigenvalue weighted by Gasteiger charge is 2.24. The molecule has 1 aliphatic heterocycles. The summed E-state index contributed by atoms with van der Waals surface area (Å²) in [5.74, 6) is -0.340. The highest BCUT2D eigenvalue weighted by Crippen LogP contribution is 2.25. The molecular weight excluding hydrogens is 306 g/mol. The zero-order chi connectivity index (χ0) is 17.1. The average molecular weight is 321 g/mol. The Labute approximate surface area is 139 Å². The Morgan fingerprint density at radius 1 is 1.17 bits per heavy atom. The summed E-state index contributed by atoms with van der Waals surface area (Å²) < 4.78 is 10.4. The first-order valence-corrected chi connectivity index (χ1v) is 7.40. The number of benzene rings is 2. The zero-order valence-corrected chi connectivity index (χ0v) is 13.3. The second-order valence-electron chi connectivity index (χ2n) is 5.34. The number of para-hydroxylation sites is 1. The van der Waals surface area contributed by atoms with Crippen molar-refractivity contribution in [2.24, 2.45) is 4.99 Å².